The van der Waals surface area contributed by atoms with Crippen molar-refractivity contribution in [2.75, 3.05) is 13.2 Å². The first-order chi connectivity index (χ1) is 9.17. The molecule has 2 N–H and O–H groups in total. The van der Waals surface area contributed by atoms with Gasteiger partial charge in [-0.15, -0.1) is 0 Å². The quantitative estimate of drug-likeness (QED) is 0.871. The zero-order chi connectivity index (χ0) is 13.8. The minimum Gasteiger partial charge on any atom is -0.494 e. The molecule has 1 aliphatic rings. The number of nitrogens with two attached hydrogens (primary N) is 1. The predicted octanol–water partition coefficient (Wildman–Crippen LogP) is 3.93. The summed E-state index contributed by atoms with van der Waals surface area (Å²) < 4.78 is 5.86. The van der Waals surface area contributed by atoms with Crippen molar-refractivity contribution < 1.29 is 4.74 Å². The van der Waals surface area contributed by atoms with Crippen LogP contribution in [-0.2, 0) is 0 Å². The van der Waals surface area contributed by atoms with Crippen LogP contribution in [0.5, 0.6) is 5.75 Å². The highest BCUT2D eigenvalue weighted by Gasteiger charge is 2.27. The molecule has 0 bridgehead atoms. The molecule has 0 saturated heterocycles. The standard InChI is InChI=1S/C17H27NO/c1-4-19-17-10-13(3)12(2)9-15(17)16(11-18)14-7-5-6-8-14/h9-10,14,16H,4-8,11,18H2,1-3H3. The summed E-state index contributed by atoms with van der Waals surface area (Å²) >= 11 is 0. The van der Waals surface area contributed by atoms with Crippen molar-refractivity contribution in [3.63, 3.8) is 0 Å². The summed E-state index contributed by atoms with van der Waals surface area (Å²) in [7, 11) is 0. The van der Waals surface area contributed by atoms with E-state index < -0.39 is 0 Å². The van der Waals surface area contributed by atoms with Crippen LogP contribution in [0.4, 0.5) is 0 Å². The minimum atomic E-state index is 0.461. The van der Waals surface area contributed by atoms with E-state index in [2.05, 4.69) is 26.0 Å². The molecule has 1 saturated carbocycles. The van der Waals surface area contributed by atoms with Gasteiger partial charge in [0.05, 0.1) is 6.61 Å². The monoisotopic (exact) mass is 261 g/mol. The van der Waals surface area contributed by atoms with Crippen LogP contribution in [0.15, 0.2) is 12.1 Å². The van der Waals surface area contributed by atoms with Crippen molar-refractivity contribution in [1.82, 2.24) is 0 Å². The second-order valence-corrected chi connectivity index (χ2v) is 5.79. The fraction of sp³-hybridized carbons (Fsp3) is 0.647. The van der Waals surface area contributed by atoms with E-state index in [1.165, 1.54) is 42.4 Å². The molecule has 2 nitrogen and oxygen atoms in total. The van der Waals surface area contributed by atoms with Crippen LogP contribution in [0.3, 0.4) is 0 Å². The van der Waals surface area contributed by atoms with Crippen molar-refractivity contribution in [1.29, 1.82) is 0 Å². The Kier molecular flexibility index (Phi) is 4.87. The Bertz CT molecular complexity index is 422. The van der Waals surface area contributed by atoms with Gasteiger partial charge in [0.1, 0.15) is 5.75 Å². The van der Waals surface area contributed by atoms with Crippen LogP contribution in [-0.4, -0.2) is 13.2 Å². The first kappa shape index (κ1) is 14.4. The summed E-state index contributed by atoms with van der Waals surface area (Å²) in [6.07, 6.45) is 5.35. The largest absolute Gasteiger partial charge is 0.494 e. The van der Waals surface area contributed by atoms with Crippen molar-refractivity contribution in [3.05, 3.63) is 28.8 Å². The number of rotatable bonds is 5. The first-order valence-corrected chi connectivity index (χ1v) is 7.61. The molecule has 1 aromatic carbocycles. The third-order valence-electron chi connectivity index (χ3n) is 4.55. The van der Waals surface area contributed by atoms with Crippen molar-refractivity contribution in [3.8, 4) is 5.75 Å². The summed E-state index contributed by atoms with van der Waals surface area (Å²) in [5, 5.41) is 0. The topological polar surface area (TPSA) is 35.2 Å². The Morgan fingerprint density at radius 2 is 1.84 bits per heavy atom. The Morgan fingerprint density at radius 3 is 2.42 bits per heavy atom. The number of aryl methyl sites for hydroxylation is 2. The van der Waals surface area contributed by atoms with Crippen LogP contribution < -0.4 is 10.5 Å². The van der Waals surface area contributed by atoms with E-state index >= 15 is 0 Å². The molecule has 2 heteroatoms. The fourth-order valence-electron chi connectivity index (χ4n) is 3.32. The second-order valence-electron chi connectivity index (χ2n) is 5.79. The van der Waals surface area contributed by atoms with Gasteiger partial charge in [0, 0.05) is 5.92 Å². The Morgan fingerprint density at radius 1 is 1.21 bits per heavy atom. The molecule has 1 unspecified atom stereocenters. The maximum atomic E-state index is 6.08. The normalized spacial score (nSPS) is 17.7. The molecule has 2 rings (SSSR count). The van der Waals surface area contributed by atoms with Gasteiger partial charge in [-0.05, 0) is 68.8 Å². The lowest BCUT2D eigenvalue weighted by atomic mass is 9.83. The zero-order valence-corrected chi connectivity index (χ0v) is 12.5. The molecule has 19 heavy (non-hydrogen) atoms. The molecule has 0 aliphatic heterocycles. The molecule has 0 amide bonds. The van der Waals surface area contributed by atoms with Crippen LogP contribution >= 0.6 is 0 Å². The van der Waals surface area contributed by atoms with E-state index in [0.29, 0.717) is 5.92 Å². The predicted molar refractivity (Wildman–Crippen MR) is 80.8 cm³/mol. The molecule has 1 aliphatic carbocycles. The van der Waals surface area contributed by atoms with Crippen LogP contribution in [0, 0.1) is 19.8 Å². The Balaban J connectivity index is 2.36. The zero-order valence-electron chi connectivity index (χ0n) is 12.5. The summed E-state index contributed by atoms with van der Waals surface area (Å²) in [5.74, 6) is 2.25. The molecule has 0 radical (unpaired) electrons. The maximum absolute atomic E-state index is 6.08. The fourth-order valence-corrected chi connectivity index (χ4v) is 3.32. The Labute approximate surface area is 117 Å². The van der Waals surface area contributed by atoms with Gasteiger partial charge in [-0.2, -0.15) is 0 Å². The van der Waals surface area contributed by atoms with Gasteiger partial charge >= 0.3 is 0 Å². The van der Waals surface area contributed by atoms with Gasteiger partial charge in [-0.1, -0.05) is 18.9 Å². The van der Waals surface area contributed by atoms with E-state index in [-0.39, 0.29) is 0 Å². The molecule has 0 spiro atoms. The van der Waals surface area contributed by atoms with Gasteiger partial charge in [-0.3, -0.25) is 0 Å². The molecule has 0 aromatic heterocycles. The summed E-state index contributed by atoms with van der Waals surface area (Å²) in [4.78, 5) is 0. The highest BCUT2D eigenvalue weighted by Crippen LogP contribution is 2.40. The molecule has 1 fully saturated rings. The number of ether oxygens (including phenoxy) is 1. The van der Waals surface area contributed by atoms with Gasteiger partial charge in [0.2, 0.25) is 0 Å². The highest BCUT2D eigenvalue weighted by atomic mass is 16.5. The molecule has 1 aromatic rings. The van der Waals surface area contributed by atoms with Crippen LogP contribution in [0.25, 0.3) is 0 Å². The van der Waals surface area contributed by atoms with E-state index in [1.54, 1.807) is 0 Å². The molecule has 106 valence electrons. The van der Waals surface area contributed by atoms with Gasteiger partial charge in [0.25, 0.3) is 0 Å². The van der Waals surface area contributed by atoms with Crippen LogP contribution in [0.1, 0.15) is 55.2 Å². The lowest BCUT2D eigenvalue weighted by molar-refractivity contribution is 0.326. The number of hydrogen-bond acceptors (Lipinski definition) is 2. The number of benzene rings is 1. The minimum absolute atomic E-state index is 0.461. The molecular weight excluding hydrogens is 234 g/mol. The van der Waals surface area contributed by atoms with Crippen molar-refractivity contribution >= 4 is 0 Å². The first-order valence-electron chi connectivity index (χ1n) is 7.61. The van der Waals surface area contributed by atoms with Gasteiger partial charge in [0.15, 0.2) is 0 Å². The molecule has 0 heterocycles. The lowest BCUT2D eigenvalue weighted by Gasteiger charge is -2.25. The second kappa shape index (κ2) is 6.42. The van der Waals surface area contributed by atoms with Crippen molar-refractivity contribution in [2.24, 2.45) is 11.7 Å². The van der Waals surface area contributed by atoms with Gasteiger partial charge in [-0.25, -0.2) is 0 Å². The summed E-state index contributed by atoms with van der Waals surface area (Å²) in [6.45, 7) is 7.82. The van der Waals surface area contributed by atoms with Gasteiger partial charge < -0.3 is 10.5 Å². The van der Waals surface area contributed by atoms with E-state index in [1.807, 2.05) is 6.92 Å². The third kappa shape index (κ3) is 3.11. The van der Waals surface area contributed by atoms with Crippen LogP contribution in [0.2, 0.25) is 0 Å². The number of hydrogen-bond donors (Lipinski definition) is 1. The third-order valence-corrected chi connectivity index (χ3v) is 4.55. The van der Waals surface area contributed by atoms with E-state index in [9.17, 15) is 0 Å². The highest BCUT2D eigenvalue weighted by molar-refractivity contribution is 5.44. The Hall–Kier alpha value is -1.02. The summed E-state index contributed by atoms with van der Waals surface area (Å²) in [6, 6.07) is 4.49. The lowest BCUT2D eigenvalue weighted by Crippen LogP contribution is -2.21. The summed E-state index contributed by atoms with van der Waals surface area (Å²) in [5.41, 5.74) is 10.1. The van der Waals surface area contributed by atoms with Crippen molar-refractivity contribution in [2.45, 2.75) is 52.4 Å². The molecule has 1 atom stereocenters. The van der Waals surface area contributed by atoms with E-state index in [0.717, 1.165) is 24.8 Å². The van der Waals surface area contributed by atoms with E-state index in [4.69, 9.17) is 10.5 Å². The smallest absolute Gasteiger partial charge is 0.123 e. The average Bonchev–Trinajstić information content (AvgIpc) is 2.90. The molecular formula is C17H27NO. The SMILES string of the molecule is CCOc1cc(C)c(C)cc1C(CN)C1CCCC1. The maximum Gasteiger partial charge on any atom is 0.123 e. The average molecular weight is 261 g/mol.